The van der Waals surface area contributed by atoms with Gasteiger partial charge in [0.25, 0.3) is 0 Å². The molecule has 1 aliphatic carbocycles. The molecular formula is C18H34BNO. The number of rotatable bonds is 3. The molecule has 0 aromatic heterocycles. The highest BCUT2D eigenvalue weighted by Crippen LogP contribution is 2.39. The van der Waals surface area contributed by atoms with Crippen molar-refractivity contribution in [3.05, 3.63) is 11.5 Å². The number of ether oxygens (including phenoxy) is 1. The van der Waals surface area contributed by atoms with Crippen molar-refractivity contribution in [2.24, 2.45) is 17.3 Å². The van der Waals surface area contributed by atoms with Crippen LogP contribution in [0.15, 0.2) is 11.5 Å². The Kier molecular flexibility index (Phi) is 4.95. The van der Waals surface area contributed by atoms with E-state index in [0.29, 0.717) is 18.9 Å². The molecule has 1 fully saturated rings. The monoisotopic (exact) mass is 291 g/mol. The van der Waals surface area contributed by atoms with Crippen molar-refractivity contribution in [1.82, 2.24) is 5.23 Å². The summed E-state index contributed by atoms with van der Waals surface area (Å²) >= 11 is 0. The number of hydrogen-bond acceptors (Lipinski definition) is 2. The lowest BCUT2D eigenvalue weighted by Crippen LogP contribution is -2.57. The molecule has 0 aromatic rings. The van der Waals surface area contributed by atoms with Gasteiger partial charge in [-0.05, 0) is 50.4 Å². The zero-order valence-electron chi connectivity index (χ0n) is 15.1. The van der Waals surface area contributed by atoms with Crippen molar-refractivity contribution in [1.29, 1.82) is 0 Å². The Hall–Kier alpha value is -0.275. The molecule has 3 atom stereocenters. The molecule has 1 heterocycles. The second-order valence-corrected chi connectivity index (χ2v) is 8.68. The van der Waals surface area contributed by atoms with E-state index in [1.165, 1.54) is 12.8 Å². The third-order valence-corrected chi connectivity index (χ3v) is 6.20. The molecule has 1 N–H and O–H groups in total. The van der Waals surface area contributed by atoms with Gasteiger partial charge in [-0.25, -0.2) is 0 Å². The Morgan fingerprint density at radius 3 is 2.52 bits per heavy atom. The zero-order valence-corrected chi connectivity index (χ0v) is 15.1. The summed E-state index contributed by atoms with van der Waals surface area (Å²) in [6, 6.07) is 0. The van der Waals surface area contributed by atoms with Gasteiger partial charge in [0.2, 0.25) is 6.85 Å². The van der Waals surface area contributed by atoms with Crippen LogP contribution in [0.4, 0.5) is 0 Å². The first kappa shape index (κ1) is 17.1. The molecule has 3 heteroatoms. The molecule has 120 valence electrons. The smallest absolute Gasteiger partial charge is 0.247 e. The van der Waals surface area contributed by atoms with Crippen LogP contribution in [0.2, 0.25) is 6.82 Å². The Morgan fingerprint density at radius 2 is 1.90 bits per heavy atom. The topological polar surface area (TPSA) is 21.3 Å². The largest absolute Gasteiger partial charge is 0.378 e. The van der Waals surface area contributed by atoms with Crippen LogP contribution in [-0.4, -0.2) is 25.1 Å². The van der Waals surface area contributed by atoms with E-state index in [9.17, 15) is 0 Å². The van der Waals surface area contributed by atoms with Crippen LogP contribution in [0.1, 0.15) is 60.8 Å². The van der Waals surface area contributed by atoms with Gasteiger partial charge in [0, 0.05) is 12.1 Å². The van der Waals surface area contributed by atoms with Crippen molar-refractivity contribution in [2.45, 2.75) is 79.3 Å². The van der Waals surface area contributed by atoms with E-state index in [1.54, 1.807) is 5.47 Å². The van der Waals surface area contributed by atoms with Crippen LogP contribution in [-0.2, 0) is 4.74 Å². The predicted molar refractivity (Wildman–Crippen MR) is 92.6 cm³/mol. The van der Waals surface area contributed by atoms with Crippen LogP contribution in [0.25, 0.3) is 0 Å². The van der Waals surface area contributed by atoms with Crippen LogP contribution in [0.3, 0.4) is 0 Å². The first-order valence-corrected chi connectivity index (χ1v) is 8.73. The standard InChI is InChI=1S/C18H34BNO/c1-13-14-9-8-12-21-16(14)11-10-15(13)19(7)20-18(5,6)17(2,3)4/h10,13-14,16,20H,8-9,11-12H2,1-7H3. The summed E-state index contributed by atoms with van der Waals surface area (Å²) in [5.74, 6) is 1.36. The fourth-order valence-corrected chi connectivity index (χ4v) is 3.78. The molecule has 0 bridgehead atoms. The van der Waals surface area contributed by atoms with E-state index in [2.05, 4.69) is 59.7 Å². The molecule has 2 nitrogen and oxygen atoms in total. The first-order valence-electron chi connectivity index (χ1n) is 8.73. The fraction of sp³-hybridized carbons (Fsp3) is 0.889. The number of nitrogens with one attached hydrogen (secondary N) is 1. The Labute approximate surface area is 132 Å². The molecule has 1 aliphatic heterocycles. The Balaban J connectivity index is 2.09. The van der Waals surface area contributed by atoms with E-state index < -0.39 is 0 Å². The van der Waals surface area contributed by atoms with Gasteiger partial charge >= 0.3 is 0 Å². The van der Waals surface area contributed by atoms with Crippen LogP contribution < -0.4 is 5.23 Å². The van der Waals surface area contributed by atoms with Gasteiger partial charge in [-0.2, -0.15) is 0 Å². The van der Waals surface area contributed by atoms with Crippen molar-refractivity contribution >= 4 is 6.85 Å². The molecule has 2 rings (SSSR count). The normalized spacial score (nSPS) is 30.6. The Bertz CT molecular complexity index is 397. The fourth-order valence-electron chi connectivity index (χ4n) is 3.78. The molecular weight excluding hydrogens is 257 g/mol. The number of fused-ring (bicyclic) bond motifs is 1. The molecule has 2 aliphatic rings. The minimum Gasteiger partial charge on any atom is -0.378 e. The molecule has 0 radical (unpaired) electrons. The lowest BCUT2D eigenvalue weighted by Gasteiger charge is -2.45. The van der Waals surface area contributed by atoms with Gasteiger partial charge in [-0.3, -0.25) is 0 Å². The van der Waals surface area contributed by atoms with Crippen LogP contribution in [0.5, 0.6) is 0 Å². The molecule has 0 saturated carbocycles. The summed E-state index contributed by atoms with van der Waals surface area (Å²) < 4.78 is 5.97. The van der Waals surface area contributed by atoms with E-state index >= 15 is 0 Å². The Morgan fingerprint density at radius 1 is 1.24 bits per heavy atom. The average Bonchev–Trinajstić information content (AvgIpc) is 2.37. The molecule has 0 amide bonds. The first-order chi connectivity index (χ1) is 9.63. The second-order valence-electron chi connectivity index (χ2n) is 8.68. The minimum atomic E-state index is 0.118. The van der Waals surface area contributed by atoms with Crippen molar-refractivity contribution in [3.8, 4) is 0 Å². The molecule has 21 heavy (non-hydrogen) atoms. The predicted octanol–water partition coefficient (Wildman–Crippen LogP) is 4.32. The van der Waals surface area contributed by atoms with Gasteiger partial charge in [-0.1, -0.05) is 46.1 Å². The van der Waals surface area contributed by atoms with Gasteiger partial charge in [0.15, 0.2) is 0 Å². The van der Waals surface area contributed by atoms with Crippen molar-refractivity contribution in [3.63, 3.8) is 0 Å². The highest BCUT2D eigenvalue weighted by Gasteiger charge is 2.40. The summed E-state index contributed by atoms with van der Waals surface area (Å²) in [6.07, 6.45) is 6.59. The molecule has 1 saturated heterocycles. The van der Waals surface area contributed by atoms with Crippen molar-refractivity contribution in [2.75, 3.05) is 6.61 Å². The van der Waals surface area contributed by atoms with Gasteiger partial charge < -0.3 is 9.96 Å². The number of allylic oxidation sites excluding steroid dienone is 1. The van der Waals surface area contributed by atoms with Crippen LogP contribution in [0, 0.1) is 17.3 Å². The van der Waals surface area contributed by atoms with Crippen molar-refractivity contribution < 1.29 is 4.74 Å². The summed E-state index contributed by atoms with van der Waals surface area (Å²) in [5.41, 5.74) is 1.96. The number of hydrogen-bond donors (Lipinski definition) is 1. The second kappa shape index (κ2) is 6.08. The maximum Gasteiger partial charge on any atom is 0.247 e. The summed E-state index contributed by atoms with van der Waals surface area (Å²) in [4.78, 5) is 0. The SMILES string of the molecule is CB(NC(C)(C)C(C)(C)C)C1=CCC2OCCCC2C1C. The van der Waals surface area contributed by atoms with E-state index in [-0.39, 0.29) is 11.0 Å². The summed E-state index contributed by atoms with van der Waals surface area (Å²) in [5, 5.41) is 3.88. The summed E-state index contributed by atoms with van der Waals surface area (Å²) in [6.45, 7) is 17.7. The molecule has 0 aromatic carbocycles. The maximum absolute atomic E-state index is 5.97. The quantitative estimate of drug-likeness (QED) is 0.782. The summed E-state index contributed by atoms with van der Waals surface area (Å²) in [7, 11) is 0. The van der Waals surface area contributed by atoms with E-state index in [1.807, 2.05) is 0 Å². The lowest BCUT2D eigenvalue weighted by molar-refractivity contribution is -0.0408. The third-order valence-electron chi connectivity index (χ3n) is 6.20. The van der Waals surface area contributed by atoms with Gasteiger partial charge in [-0.15, -0.1) is 0 Å². The zero-order chi connectivity index (χ0) is 15.8. The molecule has 0 spiro atoms. The van der Waals surface area contributed by atoms with Gasteiger partial charge in [0.1, 0.15) is 0 Å². The third kappa shape index (κ3) is 3.56. The molecule has 3 unspecified atom stereocenters. The van der Waals surface area contributed by atoms with Crippen LogP contribution >= 0.6 is 0 Å². The van der Waals surface area contributed by atoms with E-state index in [4.69, 9.17) is 4.74 Å². The average molecular weight is 291 g/mol. The highest BCUT2D eigenvalue weighted by molar-refractivity contribution is 6.63. The minimum absolute atomic E-state index is 0.118. The van der Waals surface area contributed by atoms with Gasteiger partial charge in [0.05, 0.1) is 6.10 Å². The highest BCUT2D eigenvalue weighted by atomic mass is 16.5. The van der Waals surface area contributed by atoms with E-state index in [0.717, 1.165) is 18.9 Å². The maximum atomic E-state index is 5.97. The lowest BCUT2D eigenvalue weighted by atomic mass is 9.48.